The van der Waals surface area contributed by atoms with Crippen LogP contribution in [-0.2, 0) is 23.2 Å². The Kier molecular flexibility index (Phi) is 4.32. The molecule has 3 aromatic rings. The van der Waals surface area contributed by atoms with Crippen molar-refractivity contribution in [3.05, 3.63) is 77.6 Å². The summed E-state index contributed by atoms with van der Waals surface area (Å²) >= 11 is 0. The van der Waals surface area contributed by atoms with Crippen molar-refractivity contribution >= 4 is 5.78 Å². The van der Waals surface area contributed by atoms with Gasteiger partial charge in [0.2, 0.25) is 6.79 Å². The van der Waals surface area contributed by atoms with Crippen molar-refractivity contribution in [3.63, 3.8) is 0 Å². The number of benzene rings is 2. The van der Waals surface area contributed by atoms with Crippen LogP contribution in [0.4, 0.5) is 0 Å². The van der Waals surface area contributed by atoms with E-state index in [0.29, 0.717) is 12.2 Å². The number of nitrogens with zero attached hydrogens (tertiary/aromatic N) is 1. The lowest BCUT2D eigenvalue weighted by atomic mass is 9.88. The molecule has 1 aromatic heterocycles. The molecule has 0 unspecified atom stereocenters. The van der Waals surface area contributed by atoms with Gasteiger partial charge in [-0.3, -0.25) is 9.78 Å². The molecule has 146 valence electrons. The van der Waals surface area contributed by atoms with Crippen molar-refractivity contribution in [1.82, 2.24) is 4.98 Å². The van der Waals surface area contributed by atoms with Gasteiger partial charge in [0.15, 0.2) is 11.5 Å². The minimum Gasteiger partial charge on any atom is -0.454 e. The van der Waals surface area contributed by atoms with E-state index in [1.165, 1.54) is 0 Å². The van der Waals surface area contributed by atoms with Gasteiger partial charge in [0.1, 0.15) is 5.78 Å². The molecule has 2 heterocycles. The predicted octanol–water partition coefficient (Wildman–Crippen LogP) is 3.81. The molecule has 2 aliphatic rings. The number of aromatic nitrogens is 1. The van der Waals surface area contributed by atoms with Crippen molar-refractivity contribution in [2.45, 2.75) is 31.3 Å². The molecule has 0 radical (unpaired) electrons. The Morgan fingerprint density at radius 2 is 1.86 bits per heavy atom. The molecule has 5 nitrogen and oxygen atoms in total. The average Bonchev–Trinajstić information content (AvgIpc) is 3.45. The van der Waals surface area contributed by atoms with Crippen LogP contribution in [0.1, 0.15) is 29.7 Å². The van der Waals surface area contributed by atoms with Crippen molar-refractivity contribution in [2.24, 2.45) is 0 Å². The third-order valence-corrected chi connectivity index (χ3v) is 5.87. The van der Waals surface area contributed by atoms with Crippen LogP contribution in [0, 0.1) is 0 Å². The van der Waals surface area contributed by atoms with Crippen LogP contribution in [-0.4, -0.2) is 22.7 Å². The Morgan fingerprint density at radius 1 is 1.03 bits per heavy atom. The number of ether oxygens (including phenoxy) is 2. The first-order valence-corrected chi connectivity index (χ1v) is 9.77. The minimum atomic E-state index is -0.426. The number of aliphatic hydroxyl groups excluding tert-OH is 1. The van der Waals surface area contributed by atoms with Crippen LogP contribution in [0.3, 0.4) is 0 Å². The maximum Gasteiger partial charge on any atom is 0.231 e. The Balaban J connectivity index is 1.35. The van der Waals surface area contributed by atoms with Gasteiger partial charge in [-0.2, -0.15) is 0 Å². The normalized spacial score (nSPS) is 15.9. The van der Waals surface area contributed by atoms with Crippen molar-refractivity contribution in [3.8, 4) is 22.6 Å². The summed E-state index contributed by atoms with van der Waals surface area (Å²) in [5, 5.41) is 9.53. The first-order chi connectivity index (χ1) is 14.2. The molecule has 29 heavy (non-hydrogen) atoms. The van der Waals surface area contributed by atoms with Gasteiger partial charge < -0.3 is 14.6 Å². The van der Waals surface area contributed by atoms with Gasteiger partial charge in [0, 0.05) is 23.9 Å². The molecule has 0 amide bonds. The van der Waals surface area contributed by atoms with E-state index < -0.39 is 5.41 Å². The van der Waals surface area contributed by atoms with Crippen LogP contribution in [0.25, 0.3) is 11.1 Å². The number of Topliss-reactive ketones (excluding diaryl/α,β-unsaturated/α-hetero) is 1. The first kappa shape index (κ1) is 17.9. The third-order valence-electron chi connectivity index (χ3n) is 5.87. The first-order valence-electron chi connectivity index (χ1n) is 9.77. The van der Waals surface area contributed by atoms with E-state index >= 15 is 0 Å². The lowest BCUT2D eigenvalue weighted by Gasteiger charge is -2.15. The summed E-state index contributed by atoms with van der Waals surface area (Å²) in [4.78, 5) is 17.6. The molecule has 1 aliphatic carbocycles. The molecule has 0 bridgehead atoms. The zero-order chi connectivity index (χ0) is 19.8. The second-order valence-corrected chi connectivity index (χ2v) is 7.60. The highest BCUT2D eigenvalue weighted by atomic mass is 16.7. The van der Waals surface area contributed by atoms with E-state index in [1.54, 1.807) is 6.20 Å². The Labute approximate surface area is 168 Å². The summed E-state index contributed by atoms with van der Waals surface area (Å²) in [6.45, 7) is 0.212. The number of pyridine rings is 1. The summed E-state index contributed by atoms with van der Waals surface area (Å²) in [6, 6.07) is 17.4. The van der Waals surface area contributed by atoms with Crippen LogP contribution in [0.5, 0.6) is 11.5 Å². The molecule has 1 aliphatic heterocycles. The topological polar surface area (TPSA) is 68.7 Å². The second-order valence-electron chi connectivity index (χ2n) is 7.60. The number of fused-ring (bicyclic) bond motifs is 1. The van der Waals surface area contributed by atoms with Crippen LogP contribution in [0.15, 0.2) is 60.8 Å². The van der Waals surface area contributed by atoms with E-state index in [0.717, 1.165) is 46.5 Å². The molecule has 5 heteroatoms. The van der Waals surface area contributed by atoms with Gasteiger partial charge in [-0.15, -0.1) is 0 Å². The summed E-state index contributed by atoms with van der Waals surface area (Å²) < 4.78 is 10.8. The average molecular weight is 387 g/mol. The highest BCUT2D eigenvalue weighted by Gasteiger charge is 2.50. The molecule has 1 fully saturated rings. The zero-order valence-corrected chi connectivity index (χ0v) is 15.9. The Bertz CT molecular complexity index is 1070. The molecule has 2 aromatic carbocycles. The minimum absolute atomic E-state index is 0.0194. The monoisotopic (exact) mass is 387 g/mol. The Hall–Kier alpha value is -3.18. The molecule has 0 saturated heterocycles. The summed E-state index contributed by atoms with van der Waals surface area (Å²) in [7, 11) is 0. The van der Waals surface area contributed by atoms with E-state index in [4.69, 9.17) is 9.47 Å². The fourth-order valence-corrected chi connectivity index (χ4v) is 4.01. The van der Waals surface area contributed by atoms with Crippen molar-refractivity contribution in [2.75, 3.05) is 6.79 Å². The van der Waals surface area contributed by atoms with Crippen molar-refractivity contribution in [1.29, 1.82) is 0 Å². The lowest BCUT2D eigenvalue weighted by Crippen LogP contribution is -2.22. The van der Waals surface area contributed by atoms with Gasteiger partial charge in [-0.05, 0) is 47.7 Å². The van der Waals surface area contributed by atoms with E-state index in [2.05, 4.69) is 4.98 Å². The molecule has 1 saturated carbocycles. The largest absolute Gasteiger partial charge is 0.454 e. The molecular formula is C24H21NO4. The van der Waals surface area contributed by atoms with Crippen LogP contribution >= 0.6 is 0 Å². The molecule has 1 N–H and O–H groups in total. The molecule has 5 rings (SSSR count). The number of hydrogen-bond donors (Lipinski definition) is 1. The molecular weight excluding hydrogens is 366 g/mol. The number of hydrogen-bond acceptors (Lipinski definition) is 5. The Morgan fingerprint density at radius 3 is 2.62 bits per heavy atom. The molecule has 0 atom stereocenters. The standard InChI is InChI=1S/C24H21NO4/c26-14-17-3-1-2-4-20(17)16-5-7-19(25-13-16)12-23(27)24(9-10-24)18-6-8-21-22(11-18)29-15-28-21/h1-8,11,13,26H,9-10,12,14-15H2. The smallest absolute Gasteiger partial charge is 0.231 e. The fraction of sp³-hybridized carbons (Fsp3) is 0.250. The summed E-state index contributed by atoms with van der Waals surface area (Å²) in [5.74, 6) is 1.64. The quantitative estimate of drug-likeness (QED) is 0.697. The second kappa shape index (κ2) is 7.01. The zero-order valence-electron chi connectivity index (χ0n) is 15.9. The van der Waals surface area contributed by atoms with E-state index in [1.807, 2.05) is 54.6 Å². The SMILES string of the molecule is O=C(Cc1ccc(-c2ccccc2CO)cn1)C1(c2ccc3c(c2)OCO3)CC1. The van der Waals surface area contributed by atoms with Crippen molar-refractivity contribution < 1.29 is 19.4 Å². The lowest BCUT2D eigenvalue weighted by molar-refractivity contribution is -0.120. The van der Waals surface area contributed by atoms with Crippen LogP contribution < -0.4 is 9.47 Å². The van der Waals surface area contributed by atoms with Gasteiger partial charge in [0.25, 0.3) is 0 Å². The fourth-order valence-electron chi connectivity index (χ4n) is 4.01. The predicted molar refractivity (Wildman–Crippen MR) is 108 cm³/mol. The number of ketones is 1. The number of carbonyl (C=O) groups excluding carboxylic acids is 1. The van der Waals surface area contributed by atoms with E-state index in [-0.39, 0.29) is 19.2 Å². The highest BCUT2D eigenvalue weighted by molar-refractivity contribution is 5.94. The maximum absolute atomic E-state index is 13.1. The number of carbonyl (C=O) groups is 1. The number of aliphatic hydroxyl groups is 1. The highest BCUT2D eigenvalue weighted by Crippen LogP contribution is 2.51. The maximum atomic E-state index is 13.1. The molecule has 0 spiro atoms. The van der Waals surface area contributed by atoms with Crippen LogP contribution in [0.2, 0.25) is 0 Å². The van der Waals surface area contributed by atoms with Gasteiger partial charge in [0.05, 0.1) is 12.0 Å². The summed E-state index contributed by atoms with van der Waals surface area (Å²) in [6.07, 6.45) is 3.79. The number of rotatable bonds is 6. The summed E-state index contributed by atoms with van der Waals surface area (Å²) in [5.41, 5.74) is 4.08. The van der Waals surface area contributed by atoms with Gasteiger partial charge in [-0.1, -0.05) is 36.4 Å². The van der Waals surface area contributed by atoms with Gasteiger partial charge in [-0.25, -0.2) is 0 Å². The van der Waals surface area contributed by atoms with Gasteiger partial charge >= 0.3 is 0 Å². The third kappa shape index (κ3) is 3.17. The van der Waals surface area contributed by atoms with E-state index in [9.17, 15) is 9.90 Å².